The minimum atomic E-state index is -0.403. The van der Waals surface area contributed by atoms with Crippen molar-refractivity contribution in [3.63, 3.8) is 0 Å². The predicted octanol–water partition coefficient (Wildman–Crippen LogP) is 3.42. The number of methoxy groups -OCH3 is 1. The number of ether oxygens (including phenoxy) is 1. The van der Waals surface area contributed by atoms with Gasteiger partial charge in [-0.3, -0.25) is 0 Å². The van der Waals surface area contributed by atoms with E-state index >= 15 is 0 Å². The van der Waals surface area contributed by atoms with Gasteiger partial charge in [0.2, 0.25) is 0 Å². The lowest BCUT2D eigenvalue weighted by Crippen LogP contribution is -2.36. The minimum Gasteiger partial charge on any atom is -0.496 e. The first kappa shape index (κ1) is 13.6. The van der Waals surface area contributed by atoms with E-state index in [1.54, 1.807) is 7.11 Å². The average molecular weight is 255 g/mol. The third-order valence-corrected chi connectivity index (χ3v) is 3.51. The summed E-state index contributed by atoms with van der Waals surface area (Å²) in [6.45, 7) is 4.17. The molecule has 19 heavy (non-hydrogen) atoms. The highest BCUT2D eigenvalue weighted by atomic mass is 16.5. The van der Waals surface area contributed by atoms with Gasteiger partial charge in [-0.1, -0.05) is 42.5 Å². The van der Waals surface area contributed by atoms with Gasteiger partial charge in [-0.25, -0.2) is 0 Å². The lowest BCUT2D eigenvalue weighted by atomic mass is 9.84. The highest BCUT2D eigenvalue weighted by Crippen LogP contribution is 2.29. The number of nitrogens with two attached hydrogens (primary N) is 1. The molecule has 0 saturated carbocycles. The molecule has 100 valence electrons. The molecular weight excluding hydrogens is 234 g/mol. The molecule has 1 unspecified atom stereocenters. The normalized spacial score (nSPS) is 13.9. The lowest BCUT2D eigenvalue weighted by molar-refractivity contribution is 0.399. The van der Waals surface area contributed by atoms with E-state index < -0.39 is 5.54 Å². The zero-order chi connectivity index (χ0) is 13.9. The number of para-hydroxylation sites is 1. The van der Waals surface area contributed by atoms with E-state index in [1.807, 2.05) is 30.3 Å². The Kier molecular flexibility index (Phi) is 3.91. The molecule has 1 atom stereocenters. The summed E-state index contributed by atoms with van der Waals surface area (Å²) in [5.74, 6) is 0.896. The Morgan fingerprint density at radius 1 is 1.05 bits per heavy atom. The van der Waals surface area contributed by atoms with E-state index in [2.05, 4.69) is 32.0 Å². The van der Waals surface area contributed by atoms with Crippen molar-refractivity contribution >= 4 is 0 Å². The van der Waals surface area contributed by atoms with Crippen molar-refractivity contribution in [3.05, 3.63) is 65.2 Å². The molecular formula is C17H21NO. The molecule has 0 aliphatic carbocycles. The van der Waals surface area contributed by atoms with Crippen LogP contribution in [0.4, 0.5) is 0 Å². The SMILES string of the molecule is COc1ccccc1CC(C)(N)c1ccccc1C. The standard InChI is InChI=1S/C17H21NO/c1-13-8-4-6-10-15(13)17(2,18)12-14-9-5-7-11-16(14)19-3/h4-11H,12,18H2,1-3H3. The molecule has 2 heteroatoms. The van der Waals surface area contributed by atoms with Crippen LogP contribution in [0.5, 0.6) is 5.75 Å². The Balaban J connectivity index is 2.34. The molecule has 0 aliphatic rings. The van der Waals surface area contributed by atoms with Crippen LogP contribution in [0.2, 0.25) is 0 Å². The Morgan fingerprint density at radius 3 is 2.37 bits per heavy atom. The zero-order valence-electron chi connectivity index (χ0n) is 11.8. The maximum atomic E-state index is 6.54. The lowest BCUT2D eigenvalue weighted by Gasteiger charge is -2.28. The molecule has 2 N–H and O–H groups in total. The molecule has 2 aromatic rings. The van der Waals surface area contributed by atoms with Crippen molar-refractivity contribution in [1.29, 1.82) is 0 Å². The largest absolute Gasteiger partial charge is 0.496 e. The summed E-state index contributed by atoms with van der Waals surface area (Å²) in [4.78, 5) is 0. The second kappa shape index (κ2) is 5.45. The average Bonchev–Trinajstić information content (AvgIpc) is 2.39. The van der Waals surface area contributed by atoms with E-state index in [-0.39, 0.29) is 0 Å². The molecule has 0 spiro atoms. The van der Waals surface area contributed by atoms with Crippen LogP contribution in [0.15, 0.2) is 48.5 Å². The molecule has 0 saturated heterocycles. The monoisotopic (exact) mass is 255 g/mol. The van der Waals surface area contributed by atoms with E-state index in [0.29, 0.717) is 0 Å². The Hall–Kier alpha value is -1.80. The maximum Gasteiger partial charge on any atom is 0.122 e. The first-order chi connectivity index (χ1) is 9.04. The van der Waals surface area contributed by atoms with Crippen LogP contribution < -0.4 is 10.5 Å². The number of hydrogen-bond donors (Lipinski definition) is 1. The smallest absolute Gasteiger partial charge is 0.122 e. The maximum absolute atomic E-state index is 6.54. The summed E-state index contributed by atoms with van der Waals surface area (Å²) in [5.41, 5.74) is 9.68. The van der Waals surface area contributed by atoms with Gasteiger partial charge in [0.1, 0.15) is 5.75 Å². The van der Waals surface area contributed by atoms with Gasteiger partial charge in [0.25, 0.3) is 0 Å². The molecule has 0 aliphatic heterocycles. The quantitative estimate of drug-likeness (QED) is 0.908. The summed E-state index contributed by atoms with van der Waals surface area (Å²) in [5, 5.41) is 0. The molecule has 2 nitrogen and oxygen atoms in total. The Labute approximate surface area is 115 Å². The molecule has 2 rings (SSSR count). The van der Waals surface area contributed by atoms with Crippen molar-refractivity contribution in [2.24, 2.45) is 5.73 Å². The van der Waals surface area contributed by atoms with Crippen molar-refractivity contribution in [1.82, 2.24) is 0 Å². The van der Waals surface area contributed by atoms with Gasteiger partial charge in [-0.05, 0) is 43.0 Å². The van der Waals surface area contributed by atoms with Crippen LogP contribution in [0, 0.1) is 6.92 Å². The van der Waals surface area contributed by atoms with Gasteiger partial charge in [0.05, 0.1) is 7.11 Å². The summed E-state index contributed by atoms with van der Waals surface area (Å²) >= 11 is 0. The predicted molar refractivity (Wildman–Crippen MR) is 79.4 cm³/mol. The van der Waals surface area contributed by atoms with Gasteiger partial charge in [-0.15, -0.1) is 0 Å². The van der Waals surface area contributed by atoms with Crippen LogP contribution in [0.25, 0.3) is 0 Å². The number of benzene rings is 2. The fraction of sp³-hybridized carbons (Fsp3) is 0.294. The first-order valence-corrected chi connectivity index (χ1v) is 6.51. The summed E-state index contributed by atoms with van der Waals surface area (Å²) in [7, 11) is 1.69. The Morgan fingerprint density at radius 2 is 1.68 bits per heavy atom. The van der Waals surface area contributed by atoms with Gasteiger partial charge in [0, 0.05) is 5.54 Å². The van der Waals surface area contributed by atoms with E-state index in [0.717, 1.165) is 17.7 Å². The van der Waals surface area contributed by atoms with Crippen molar-refractivity contribution < 1.29 is 4.74 Å². The molecule has 0 heterocycles. The number of rotatable bonds is 4. The van der Waals surface area contributed by atoms with Gasteiger partial charge in [0.15, 0.2) is 0 Å². The summed E-state index contributed by atoms with van der Waals surface area (Å²) in [6.07, 6.45) is 0.752. The minimum absolute atomic E-state index is 0.403. The fourth-order valence-electron chi connectivity index (χ4n) is 2.55. The van der Waals surface area contributed by atoms with Crippen LogP contribution >= 0.6 is 0 Å². The van der Waals surface area contributed by atoms with Crippen LogP contribution in [-0.2, 0) is 12.0 Å². The second-order valence-corrected chi connectivity index (χ2v) is 5.22. The molecule has 0 aromatic heterocycles. The summed E-state index contributed by atoms with van der Waals surface area (Å²) in [6, 6.07) is 16.3. The van der Waals surface area contributed by atoms with Crippen LogP contribution in [0.1, 0.15) is 23.6 Å². The molecule has 2 aromatic carbocycles. The highest BCUT2D eigenvalue weighted by molar-refractivity contribution is 5.38. The Bertz CT molecular complexity index is 561. The molecule has 0 bridgehead atoms. The molecule has 0 fully saturated rings. The van der Waals surface area contributed by atoms with Crippen molar-refractivity contribution in [2.75, 3.05) is 7.11 Å². The summed E-state index contributed by atoms with van der Waals surface area (Å²) < 4.78 is 5.40. The van der Waals surface area contributed by atoms with Crippen molar-refractivity contribution in [3.8, 4) is 5.75 Å². The zero-order valence-corrected chi connectivity index (χ0v) is 11.8. The van der Waals surface area contributed by atoms with E-state index in [9.17, 15) is 0 Å². The fourth-order valence-corrected chi connectivity index (χ4v) is 2.55. The second-order valence-electron chi connectivity index (χ2n) is 5.22. The first-order valence-electron chi connectivity index (χ1n) is 6.51. The third-order valence-electron chi connectivity index (χ3n) is 3.51. The van der Waals surface area contributed by atoms with Gasteiger partial charge < -0.3 is 10.5 Å². The van der Waals surface area contributed by atoms with Crippen molar-refractivity contribution in [2.45, 2.75) is 25.8 Å². The highest BCUT2D eigenvalue weighted by Gasteiger charge is 2.24. The van der Waals surface area contributed by atoms with Gasteiger partial charge >= 0.3 is 0 Å². The third kappa shape index (κ3) is 2.96. The van der Waals surface area contributed by atoms with E-state index in [1.165, 1.54) is 11.1 Å². The van der Waals surface area contributed by atoms with Gasteiger partial charge in [-0.2, -0.15) is 0 Å². The number of hydrogen-bond acceptors (Lipinski definition) is 2. The van der Waals surface area contributed by atoms with Crippen LogP contribution in [0.3, 0.4) is 0 Å². The van der Waals surface area contributed by atoms with Crippen LogP contribution in [-0.4, -0.2) is 7.11 Å². The number of aryl methyl sites for hydroxylation is 1. The molecule has 0 amide bonds. The molecule has 0 radical (unpaired) electrons. The van der Waals surface area contributed by atoms with E-state index in [4.69, 9.17) is 10.5 Å². The topological polar surface area (TPSA) is 35.2 Å².